The third-order valence-electron chi connectivity index (χ3n) is 3.92. The first-order valence-corrected chi connectivity index (χ1v) is 7.15. The van der Waals surface area contributed by atoms with Crippen LogP contribution >= 0.6 is 0 Å². The number of aliphatic carboxylic acids is 1. The molecule has 2 aliphatic rings. The fourth-order valence-corrected chi connectivity index (χ4v) is 2.82. The summed E-state index contributed by atoms with van der Waals surface area (Å²) in [6.45, 7) is 0.403. The quantitative estimate of drug-likeness (QED) is 0.863. The second-order valence-corrected chi connectivity index (χ2v) is 5.38. The molecule has 2 atom stereocenters. The van der Waals surface area contributed by atoms with Gasteiger partial charge in [-0.05, 0) is 25.0 Å². The summed E-state index contributed by atoms with van der Waals surface area (Å²) in [7, 11) is 0. The lowest BCUT2D eigenvalue weighted by Crippen LogP contribution is -2.45. The highest BCUT2D eigenvalue weighted by Crippen LogP contribution is 2.30. The van der Waals surface area contributed by atoms with Crippen LogP contribution < -0.4 is 10.1 Å². The number of carboxylic acids is 1. The Kier molecular flexibility index (Phi) is 3.70. The molecule has 2 aliphatic heterocycles. The summed E-state index contributed by atoms with van der Waals surface area (Å²) in [4.78, 5) is 36.7. The molecule has 2 heterocycles. The van der Waals surface area contributed by atoms with Crippen molar-refractivity contribution in [2.24, 2.45) is 0 Å². The van der Waals surface area contributed by atoms with Gasteiger partial charge in [0.1, 0.15) is 11.8 Å². The first-order valence-electron chi connectivity index (χ1n) is 7.15. The summed E-state index contributed by atoms with van der Waals surface area (Å²) in [5.74, 6) is -1.26. The Morgan fingerprint density at radius 3 is 2.91 bits per heavy atom. The topological polar surface area (TPSA) is 95.9 Å². The van der Waals surface area contributed by atoms with Gasteiger partial charge in [-0.3, -0.25) is 9.59 Å². The number of carbonyl (C=O) groups is 3. The minimum Gasteiger partial charge on any atom is -0.480 e. The van der Waals surface area contributed by atoms with Crippen molar-refractivity contribution in [3.63, 3.8) is 0 Å². The van der Waals surface area contributed by atoms with Crippen molar-refractivity contribution in [3.05, 3.63) is 24.3 Å². The maximum Gasteiger partial charge on any atom is 0.326 e. The van der Waals surface area contributed by atoms with Gasteiger partial charge in [0.15, 0.2) is 6.10 Å². The van der Waals surface area contributed by atoms with Crippen molar-refractivity contribution in [1.82, 2.24) is 4.90 Å². The lowest BCUT2D eigenvalue weighted by Gasteiger charge is -2.28. The van der Waals surface area contributed by atoms with Crippen molar-refractivity contribution in [3.8, 4) is 5.75 Å². The van der Waals surface area contributed by atoms with Crippen LogP contribution in [0, 0.1) is 0 Å². The van der Waals surface area contributed by atoms with E-state index in [1.54, 1.807) is 24.3 Å². The highest BCUT2D eigenvalue weighted by atomic mass is 16.5. The molecule has 116 valence electrons. The Morgan fingerprint density at radius 2 is 2.14 bits per heavy atom. The number of hydrogen-bond donors (Lipinski definition) is 2. The second-order valence-electron chi connectivity index (χ2n) is 5.38. The number of likely N-dealkylation sites (tertiary alicyclic amines) is 1. The maximum atomic E-state index is 12.3. The summed E-state index contributed by atoms with van der Waals surface area (Å²) in [5, 5.41) is 11.8. The van der Waals surface area contributed by atoms with Crippen LogP contribution in [0.1, 0.15) is 19.3 Å². The summed E-state index contributed by atoms with van der Waals surface area (Å²) >= 11 is 0. The molecule has 7 nitrogen and oxygen atoms in total. The molecule has 0 spiro atoms. The number of para-hydroxylation sites is 2. The lowest BCUT2D eigenvalue weighted by atomic mass is 10.1. The van der Waals surface area contributed by atoms with Crippen molar-refractivity contribution in [1.29, 1.82) is 0 Å². The SMILES string of the molecule is O=C1Nc2ccccc2OC1CC(=O)N1CCCC1C(=O)O. The van der Waals surface area contributed by atoms with Crippen LogP contribution in [0.15, 0.2) is 24.3 Å². The molecule has 7 heteroatoms. The van der Waals surface area contributed by atoms with E-state index in [1.165, 1.54) is 4.90 Å². The molecule has 2 amide bonds. The van der Waals surface area contributed by atoms with E-state index in [-0.39, 0.29) is 12.3 Å². The molecular formula is C15H16N2O5. The number of hydrogen-bond acceptors (Lipinski definition) is 4. The molecule has 2 unspecified atom stereocenters. The van der Waals surface area contributed by atoms with Gasteiger partial charge in [0.25, 0.3) is 5.91 Å². The number of carbonyl (C=O) groups excluding carboxylic acids is 2. The van der Waals surface area contributed by atoms with E-state index in [9.17, 15) is 14.4 Å². The number of carboxylic acid groups (broad SMARTS) is 1. The minimum atomic E-state index is -1.01. The highest BCUT2D eigenvalue weighted by Gasteiger charge is 2.37. The molecule has 0 aromatic heterocycles. The van der Waals surface area contributed by atoms with Crippen LogP contribution in [-0.4, -0.2) is 46.5 Å². The zero-order valence-electron chi connectivity index (χ0n) is 11.8. The molecular weight excluding hydrogens is 288 g/mol. The van der Waals surface area contributed by atoms with Gasteiger partial charge in [0.2, 0.25) is 5.91 Å². The Balaban J connectivity index is 1.70. The number of nitrogens with one attached hydrogen (secondary N) is 1. The maximum absolute atomic E-state index is 12.3. The number of rotatable bonds is 3. The predicted molar refractivity (Wildman–Crippen MR) is 76.5 cm³/mol. The molecule has 22 heavy (non-hydrogen) atoms. The average molecular weight is 304 g/mol. The number of amides is 2. The number of benzene rings is 1. The van der Waals surface area contributed by atoms with Gasteiger partial charge >= 0.3 is 5.97 Å². The fourth-order valence-electron chi connectivity index (χ4n) is 2.82. The van der Waals surface area contributed by atoms with Gasteiger partial charge in [-0.2, -0.15) is 0 Å². The Hall–Kier alpha value is -2.57. The molecule has 1 fully saturated rings. The Bertz CT molecular complexity index is 630. The molecule has 1 aromatic rings. The minimum absolute atomic E-state index is 0.163. The van der Waals surface area contributed by atoms with Gasteiger partial charge < -0.3 is 20.1 Å². The summed E-state index contributed by atoms with van der Waals surface area (Å²) < 4.78 is 5.56. The van der Waals surface area contributed by atoms with Crippen molar-refractivity contribution in [2.45, 2.75) is 31.4 Å². The zero-order chi connectivity index (χ0) is 15.7. The molecule has 0 saturated carbocycles. The number of nitrogens with zero attached hydrogens (tertiary/aromatic N) is 1. The monoisotopic (exact) mass is 304 g/mol. The van der Waals surface area contributed by atoms with Gasteiger partial charge in [-0.15, -0.1) is 0 Å². The molecule has 2 N–H and O–H groups in total. The van der Waals surface area contributed by atoms with E-state index in [0.29, 0.717) is 30.8 Å². The van der Waals surface area contributed by atoms with Crippen LogP contribution in [0.3, 0.4) is 0 Å². The lowest BCUT2D eigenvalue weighted by molar-refractivity contribution is -0.149. The van der Waals surface area contributed by atoms with Crippen molar-refractivity contribution in [2.75, 3.05) is 11.9 Å². The van der Waals surface area contributed by atoms with Crippen molar-refractivity contribution >= 4 is 23.5 Å². The second kappa shape index (κ2) is 5.67. The molecule has 1 aromatic carbocycles. The third-order valence-corrected chi connectivity index (χ3v) is 3.92. The van der Waals surface area contributed by atoms with E-state index >= 15 is 0 Å². The first kappa shape index (κ1) is 14.4. The van der Waals surface area contributed by atoms with Crippen LogP contribution in [0.5, 0.6) is 5.75 Å². The van der Waals surface area contributed by atoms with Gasteiger partial charge in [-0.25, -0.2) is 4.79 Å². The first-order chi connectivity index (χ1) is 10.6. The van der Waals surface area contributed by atoms with Crippen LogP contribution in [0.4, 0.5) is 5.69 Å². The average Bonchev–Trinajstić information content (AvgIpc) is 2.97. The fraction of sp³-hybridized carbons (Fsp3) is 0.400. The Labute approximate surface area is 126 Å². The summed E-state index contributed by atoms with van der Waals surface area (Å²) in [6, 6.07) is 6.17. The largest absolute Gasteiger partial charge is 0.480 e. The van der Waals surface area contributed by atoms with E-state index < -0.39 is 24.0 Å². The van der Waals surface area contributed by atoms with Crippen molar-refractivity contribution < 1.29 is 24.2 Å². The van der Waals surface area contributed by atoms with E-state index in [4.69, 9.17) is 9.84 Å². The highest BCUT2D eigenvalue weighted by molar-refractivity contribution is 6.00. The molecule has 0 aliphatic carbocycles. The number of fused-ring (bicyclic) bond motifs is 1. The van der Waals surface area contributed by atoms with E-state index in [1.807, 2.05) is 0 Å². The van der Waals surface area contributed by atoms with Crippen LogP contribution in [0.2, 0.25) is 0 Å². The molecule has 1 saturated heterocycles. The van der Waals surface area contributed by atoms with Crippen LogP contribution in [0.25, 0.3) is 0 Å². The standard InChI is InChI=1S/C15H16N2O5/c18-13(17-7-3-5-10(17)15(20)21)8-12-14(19)16-9-4-1-2-6-11(9)22-12/h1-2,4,6,10,12H,3,5,7-8H2,(H,16,19)(H,20,21). The van der Waals surface area contributed by atoms with E-state index in [2.05, 4.69) is 5.32 Å². The van der Waals surface area contributed by atoms with Crippen LogP contribution in [-0.2, 0) is 14.4 Å². The smallest absolute Gasteiger partial charge is 0.326 e. The summed E-state index contributed by atoms with van der Waals surface area (Å²) in [6.07, 6.45) is 0.00640. The molecule has 3 rings (SSSR count). The normalized spacial score (nSPS) is 23.5. The molecule has 0 radical (unpaired) electrons. The third kappa shape index (κ3) is 2.61. The van der Waals surface area contributed by atoms with Gasteiger partial charge in [0, 0.05) is 6.54 Å². The van der Waals surface area contributed by atoms with Gasteiger partial charge in [-0.1, -0.05) is 12.1 Å². The molecule has 0 bridgehead atoms. The van der Waals surface area contributed by atoms with Gasteiger partial charge in [0.05, 0.1) is 12.1 Å². The predicted octanol–water partition coefficient (Wildman–Crippen LogP) is 0.852. The number of ether oxygens (including phenoxy) is 1. The van der Waals surface area contributed by atoms with E-state index in [0.717, 1.165) is 0 Å². The number of anilines is 1. The zero-order valence-corrected chi connectivity index (χ0v) is 11.8. The summed E-state index contributed by atoms with van der Waals surface area (Å²) in [5.41, 5.74) is 0.570. The Morgan fingerprint density at radius 1 is 1.36 bits per heavy atom.